The molecule has 0 bridgehead atoms. The molecule has 47 heavy (non-hydrogen) atoms. The van der Waals surface area contributed by atoms with Crippen molar-refractivity contribution in [1.82, 2.24) is 31.9 Å². The molecule has 0 saturated heterocycles. The summed E-state index contributed by atoms with van der Waals surface area (Å²) in [5.41, 5.74) is 6.22. The number of carbonyl (C=O) groups is 6. The number of esters is 1. The summed E-state index contributed by atoms with van der Waals surface area (Å²) in [7, 11) is 0. The molecule has 5 amide bonds. The standard InChI is InChI=1S/C32H51N7O8/c1-4-5-12-26(13-9-14-35-31(44)23(2)21-47-24(3)40)34-15-16-46-22-38-29(42)19-37-32(45)27(17-25-10-7-6-8-11-25)39-30(43)20-36-28(41)18-33/h6-8,10-11,26-27,34H,2,4-5,9,12-22,33H2,1,3H3,(H,35,44)(H,36,41)(H,37,45)(H,38,42)(H,39,43)/t26-,27-/m0/s1. The van der Waals surface area contributed by atoms with Gasteiger partial charge in [-0.15, -0.1) is 0 Å². The third-order valence-corrected chi connectivity index (χ3v) is 6.73. The van der Waals surface area contributed by atoms with Crippen LogP contribution in [0.5, 0.6) is 0 Å². The van der Waals surface area contributed by atoms with Crippen molar-refractivity contribution in [3.05, 3.63) is 48.0 Å². The van der Waals surface area contributed by atoms with Crippen molar-refractivity contribution < 1.29 is 38.2 Å². The van der Waals surface area contributed by atoms with Gasteiger partial charge in [0.1, 0.15) is 19.4 Å². The molecular formula is C32H51N7O8. The van der Waals surface area contributed by atoms with Gasteiger partial charge >= 0.3 is 5.97 Å². The summed E-state index contributed by atoms with van der Waals surface area (Å²) in [5.74, 6) is -2.92. The first kappa shape index (κ1) is 40.7. The molecule has 0 aromatic heterocycles. The molecule has 8 N–H and O–H groups in total. The van der Waals surface area contributed by atoms with Gasteiger partial charge in [0, 0.05) is 38.0 Å². The lowest BCUT2D eigenvalue weighted by Crippen LogP contribution is -2.52. The first-order valence-corrected chi connectivity index (χ1v) is 15.8. The Morgan fingerprint density at radius 1 is 0.872 bits per heavy atom. The van der Waals surface area contributed by atoms with Gasteiger partial charge in [-0.2, -0.15) is 0 Å². The van der Waals surface area contributed by atoms with E-state index in [1.54, 1.807) is 12.1 Å². The van der Waals surface area contributed by atoms with Gasteiger partial charge in [-0.25, -0.2) is 0 Å². The number of unbranched alkanes of at least 4 members (excludes halogenated alkanes) is 1. The summed E-state index contributed by atoms with van der Waals surface area (Å²) in [6, 6.07) is 8.31. The Morgan fingerprint density at radius 2 is 1.57 bits per heavy atom. The second kappa shape index (κ2) is 24.8. The maximum Gasteiger partial charge on any atom is 0.302 e. The predicted octanol–water partition coefficient (Wildman–Crippen LogP) is -0.841. The van der Waals surface area contributed by atoms with Gasteiger partial charge < -0.3 is 47.1 Å². The number of hydrogen-bond acceptors (Lipinski definition) is 10. The Hall–Kier alpha value is -4.34. The van der Waals surface area contributed by atoms with Crippen molar-refractivity contribution in [2.45, 2.75) is 64.5 Å². The molecule has 0 fully saturated rings. The minimum atomic E-state index is -0.974. The quantitative estimate of drug-likeness (QED) is 0.0298. The van der Waals surface area contributed by atoms with E-state index >= 15 is 0 Å². The SMILES string of the molecule is C=C(COC(C)=O)C(=O)NCCC[C@H](CCCC)NCCOCNC(=O)CNC(=O)[C@H](Cc1ccccc1)NC(=O)CNC(=O)CN. The fourth-order valence-electron chi connectivity index (χ4n) is 4.18. The van der Waals surface area contributed by atoms with Crippen molar-refractivity contribution in [2.24, 2.45) is 5.73 Å². The van der Waals surface area contributed by atoms with E-state index in [9.17, 15) is 28.8 Å². The van der Waals surface area contributed by atoms with E-state index in [1.807, 2.05) is 18.2 Å². The molecule has 1 aromatic rings. The van der Waals surface area contributed by atoms with Gasteiger partial charge in [-0.3, -0.25) is 28.8 Å². The number of ether oxygens (including phenoxy) is 2. The lowest BCUT2D eigenvalue weighted by molar-refractivity contribution is -0.140. The van der Waals surface area contributed by atoms with E-state index in [0.717, 1.165) is 37.7 Å². The van der Waals surface area contributed by atoms with Crippen LogP contribution in [0.3, 0.4) is 0 Å². The zero-order chi connectivity index (χ0) is 34.9. The number of amides is 5. The molecule has 0 saturated carbocycles. The van der Waals surface area contributed by atoms with E-state index in [1.165, 1.54) is 6.92 Å². The Morgan fingerprint density at radius 3 is 2.26 bits per heavy atom. The summed E-state index contributed by atoms with van der Waals surface area (Å²) >= 11 is 0. The molecular weight excluding hydrogens is 610 g/mol. The second-order valence-corrected chi connectivity index (χ2v) is 10.7. The van der Waals surface area contributed by atoms with E-state index in [0.29, 0.717) is 19.7 Å². The maximum atomic E-state index is 12.8. The summed E-state index contributed by atoms with van der Waals surface area (Å²) < 4.78 is 10.3. The average molecular weight is 662 g/mol. The van der Waals surface area contributed by atoms with Crippen LogP contribution in [0.15, 0.2) is 42.5 Å². The fraction of sp³-hybridized carbons (Fsp3) is 0.562. The Bertz CT molecular complexity index is 1150. The van der Waals surface area contributed by atoms with Crippen molar-refractivity contribution in [3.8, 4) is 0 Å². The Labute approximate surface area is 276 Å². The van der Waals surface area contributed by atoms with Crippen LogP contribution in [0, 0.1) is 0 Å². The second-order valence-electron chi connectivity index (χ2n) is 10.7. The van der Waals surface area contributed by atoms with E-state index in [2.05, 4.69) is 45.4 Å². The molecule has 1 rings (SSSR count). The largest absolute Gasteiger partial charge is 0.461 e. The summed E-state index contributed by atoms with van der Waals surface area (Å²) in [6.45, 7) is 7.27. The highest BCUT2D eigenvalue weighted by Crippen LogP contribution is 2.07. The Balaban J connectivity index is 2.37. The van der Waals surface area contributed by atoms with Crippen molar-refractivity contribution >= 4 is 35.5 Å². The van der Waals surface area contributed by atoms with Gasteiger partial charge in [0.05, 0.1) is 26.2 Å². The number of nitrogens with two attached hydrogens (primary N) is 1. The van der Waals surface area contributed by atoms with Crippen molar-refractivity contribution in [1.29, 1.82) is 0 Å². The van der Waals surface area contributed by atoms with Gasteiger partial charge in [0.15, 0.2) is 0 Å². The molecule has 0 spiro atoms. The summed E-state index contributed by atoms with van der Waals surface area (Å²) in [6.07, 6.45) is 4.83. The van der Waals surface area contributed by atoms with Crippen LogP contribution in [0.25, 0.3) is 0 Å². The molecule has 0 radical (unpaired) electrons. The van der Waals surface area contributed by atoms with Gasteiger partial charge in [-0.05, 0) is 24.8 Å². The van der Waals surface area contributed by atoms with Gasteiger partial charge in [-0.1, -0.05) is 56.7 Å². The van der Waals surface area contributed by atoms with E-state index < -0.39 is 35.6 Å². The number of nitrogens with one attached hydrogen (secondary N) is 6. The minimum Gasteiger partial charge on any atom is -0.461 e. The van der Waals surface area contributed by atoms with Crippen LogP contribution in [0.4, 0.5) is 0 Å². The Kier molecular flexibility index (Phi) is 21.5. The minimum absolute atomic E-state index is 0.0513. The highest BCUT2D eigenvalue weighted by Gasteiger charge is 2.22. The van der Waals surface area contributed by atoms with Crippen molar-refractivity contribution in [2.75, 3.05) is 52.7 Å². The molecule has 0 aliphatic rings. The van der Waals surface area contributed by atoms with E-state index in [-0.39, 0.29) is 56.9 Å². The number of benzene rings is 1. The van der Waals surface area contributed by atoms with Crippen LogP contribution in [-0.4, -0.2) is 100 Å². The molecule has 0 heterocycles. The topological polar surface area (TPSA) is 219 Å². The molecule has 0 aliphatic carbocycles. The molecule has 0 aliphatic heterocycles. The molecule has 15 nitrogen and oxygen atoms in total. The summed E-state index contributed by atoms with van der Waals surface area (Å²) in [5, 5.41) is 16.3. The smallest absolute Gasteiger partial charge is 0.302 e. The highest BCUT2D eigenvalue weighted by atomic mass is 16.5. The third-order valence-electron chi connectivity index (χ3n) is 6.73. The lowest BCUT2D eigenvalue weighted by Gasteiger charge is -2.19. The lowest BCUT2D eigenvalue weighted by atomic mass is 10.0. The third kappa shape index (κ3) is 20.4. The molecule has 15 heteroatoms. The average Bonchev–Trinajstić information content (AvgIpc) is 3.06. The maximum absolute atomic E-state index is 12.8. The van der Waals surface area contributed by atoms with Crippen LogP contribution in [-0.2, 0) is 44.7 Å². The monoisotopic (exact) mass is 661 g/mol. The van der Waals surface area contributed by atoms with Crippen LogP contribution in [0.1, 0.15) is 51.5 Å². The number of hydrogen-bond donors (Lipinski definition) is 7. The molecule has 262 valence electrons. The van der Waals surface area contributed by atoms with Crippen LogP contribution >= 0.6 is 0 Å². The zero-order valence-electron chi connectivity index (χ0n) is 27.5. The highest BCUT2D eigenvalue weighted by molar-refractivity contribution is 5.93. The first-order valence-electron chi connectivity index (χ1n) is 15.8. The molecule has 2 atom stereocenters. The van der Waals surface area contributed by atoms with E-state index in [4.69, 9.17) is 15.2 Å². The number of carbonyl (C=O) groups excluding carboxylic acids is 6. The normalized spacial score (nSPS) is 11.8. The first-order chi connectivity index (χ1) is 22.5. The number of rotatable bonds is 25. The van der Waals surface area contributed by atoms with Gasteiger partial charge in [0.2, 0.25) is 29.5 Å². The summed E-state index contributed by atoms with van der Waals surface area (Å²) in [4.78, 5) is 71.7. The van der Waals surface area contributed by atoms with Crippen LogP contribution < -0.4 is 37.6 Å². The van der Waals surface area contributed by atoms with Crippen LogP contribution in [0.2, 0.25) is 0 Å². The molecule has 0 unspecified atom stereocenters. The van der Waals surface area contributed by atoms with Crippen molar-refractivity contribution in [3.63, 3.8) is 0 Å². The van der Waals surface area contributed by atoms with Gasteiger partial charge in [0.25, 0.3) is 0 Å². The molecule has 1 aromatic carbocycles. The fourth-order valence-corrected chi connectivity index (χ4v) is 4.18. The zero-order valence-corrected chi connectivity index (χ0v) is 27.5. The predicted molar refractivity (Wildman–Crippen MR) is 175 cm³/mol.